The summed E-state index contributed by atoms with van der Waals surface area (Å²) in [5.41, 5.74) is 0.236. The van der Waals surface area contributed by atoms with Crippen LogP contribution in [0.4, 0.5) is 5.69 Å². The summed E-state index contributed by atoms with van der Waals surface area (Å²) < 4.78 is 1.58. The van der Waals surface area contributed by atoms with Crippen LogP contribution in [-0.4, -0.2) is 44.6 Å². The summed E-state index contributed by atoms with van der Waals surface area (Å²) >= 11 is 0. The lowest BCUT2D eigenvalue weighted by Gasteiger charge is -2.21. The van der Waals surface area contributed by atoms with Gasteiger partial charge in [-0.3, -0.25) is 14.9 Å². The lowest BCUT2D eigenvalue weighted by molar-refractivity contribution is -0.384. The number of aryl methyl sites for hydroxylation is 1. The van der Waals surface area contributed by atoms with Gasteiger partial charge in [0.25, 0.3) is 11.6 Å². The smallest absolute Gasteiger partial charge is 0.287 e. The van der Waals surface area contributed by atoms with Crippen LogP contribution in [0.3, 0.4) is 0 Å². The van der Waals surface area contributed by atoms with Crippen LogP contribution in [-0.2, 0) is 6.54 Å². The van der Waals surface area contributed by atoms with Crippen molar-refractivity contribution in [3.8, 4) is 0 Å². The number of aromatic nitrogens is 1. The molecule has 0 bridgehead atoms. The highest BCUT2D eigenvalue weighted by molar-refractivity contribution is 5.94. The van der Waals surface area contributed by atoms with Crippen LogP contribution in [0.1, 0.15) is 30.3 Å². The first-order valence-corrected chi connectivity index (χ1v) is 6.34. The maximum absolute atomic E-state index is 12.4. The first kappa shape index (κ1) is 13.5. The Balaban J connectivity index is 2.28. The molecule has 0 aromatic carbocycles. The van der Waals surface area contributed by atoms with E-state index in [0.717, 1.165) is 12.8 Å². The number of amides is 1. The zero-order valence-electron chi connectivity index (χ0n) is 10.8. The van der Waals surface area contributed by atoms with E-state index >= 15 is 0 Å². The maximum Gasteiger partial charge on any atom is 0.287 e. The molecule has 19 heavy (non-hydrogen) atoms. The molecule has 1 fully saturated rings. The third-order valence-corrected chi connectivity index (χ3v) is 3.24. The molecule has 1 aromatic rings. The molecule has 1 aliphatic rings. The topological polar surface area (TPSA) is 88.6 Å². The van der Waals surface area contributed by atoms with Gasteiger partial charge in [0.05, 0.1) is 17.7 Å². The Hall–Kier alpha value is -1.89. The van der Waals surface area contributed by atoms with Crippen molar-refractivity contribution < 1.29 is 14.8 Å². The van der Waals surface area contributed by atoms with E-state index in [2.05, 4.69) is 0 Å². The fraction of sp³-hybridized carbons (Fsp3) is 0.583. The minimum absolute atomic E-state index is 0.0788. The van der Waals surface area contributed by atoms with Crippen molar-refractivity contribution in [3.05, 3.63) is 28.1 Å². The summed E-state index contributed by atoms with van der Waals surface area (Å²) in [7, 11) is 0. The molecule has 1 amide bonds. The number of nitrogens with zero attached hydrogens (tertiary/aromatic N) is 3. The Morgan fingerprint density at radius 2 is 2.32 bits per heavy atom. The summed E-state index contributed by atoms with van der Waals surface area (Å²) in [4.78, 5) is 24.3. The second kappa shape index (κ2) is 5.40. The van der Waals surface area contributed by atoms with Crippen molar-refractivity contribution in [2.45, 2.75) is 32.4 Å². The molecule has 0 saturated heterocycles. The van der Waals surface area contributed by atoms with Crippen LogP contribution in [0.25, 0.3) is 0 Å². The van der Waals surface area contributed by atoms with E-state index in [1.165, 1.54) is 12.3 Å². The molecule has 1 N–H and O–H groups in total. The first-order chi connectivity index (χ1) is 9.08. The molecule has 1 aromatic heterocycles. The van der Waals surface area contributed by atoms with Gasteiger partial charge in [-0.1, -0.05) is 0 Å². The highest BCUT2D eigenvalue weighted by Crippen LogP contribution is 2.29. The van der Waals surface area contributed by atoms with Gasteiger partial charge in [0.15, 0.2) is 0 Å². The minimum atomic E-state index is -0.504. The number of aliphatic hydroxyl groups is 1. The van der Waals surface area contributed by atoms with Crippen molar-refractivity contribution in [2.24, 2.45) is 0 Å². The third kappa shape index (κ3) is 2.76. The van der Waals surface area contributed by atoms with Gasteiger partial charge < -0.3 is 14.6 Å². The molecule has 0 radical (unpaired) electrons. The molecule has 1 saturated carbocycles. The van der Waals surface area contributed by atoms with Crippen LogP contribution < -0.4 is 0 Å². The maximum atomic E-state index is 12.4. The number of rotatable bonds is 6. The van der Waals surface area contributed by atoms with Crippen molar-refractivity contribution in [1.82, 2.24) is 9.47 Å². The number of aliphatic hydroxyl groups excluding tert-OH is 1. The van der Waals surface area contributed by atoms with Crippen LogP contribution in [0.5, 0.6) is 0 Å². The Labute approximate surface area is 110 Å². The van der Waals surface area contributed by atoms with Crippen LogP contribution in [0.15, 0.2) is 12.3 Å². The van der Waals surface area contributed by atoms with E-state index in [1.807, 2.05) is 6.92 Å². The Morgan fingerprint density at radius 1 is 1.63 bits per heavy atom. The van der Waals surface area contributed by atoms with Gasteiger partial charge in [-0.25, -0.2) is 0 Å². The van der Waals surface area contributed by atoms with E-state index in [-0.39, 0.29) is 30.8 Å². The number of hydrogen-bond acceptors (Lipinski definition) is 4. The quantitative estimate of drug-likeness (QED) is 0.615. The van der Waals surface area contributed by atoms with E-state index in [0.29, 0.717) is 12.2 Å². The summed E-state index contributed by atoms with van der Waals surface area (Å²) in [6, 6.07) is 1.47. The predicted octanol–water partition coefficient (Wildman–Crippen LogP) is 1.01. The summed E-state index contributed by atoms with van der Waals surface area (Å²) in [6.07, 6.45) is 3.23. The Kier molecular flexibility index (Phi) is 3.84. The molecule has 0 spiro atoms. The summed E-state index contributed by atoms with van der Waals surface area (Å²) in [5.74, 6) is -0.244. The number of nitro groups is 1. The Bertz CT molecular complexity index is 493. The van der Waals surface area contributed by atoms with Gasteiger partial charge in [-0.05, 0) is 19.8 Å². The molecule has 1 aliphatic carbocycles. The molecule has 104 valence electrons. The van der Waals surface area contributed by atoms with Gasteiger partial charge >= 0.3 is 0 Å². The molecular weight excluding hydrogens is 250 g/mol. The lowest BCUT2D eigenvalue weighted by atomic mass is 10.3. The van der Waals surface area contributed by atoms with Crippen LogP contribution in [0, 0.1) is 10.1 Å². The molecule has 7 nitrogen and oxygen atoms in total. The number of carbonyl (C=O) groups excluding carboxylic acids is 1. The highest BCUT2D eigenvalue weighted by Gasteiger charge is 2.34. The molecular formula is C12H17N3O4. The standard InChI is InChI=1S/C12H17N3O4/c1-2-13-8-10(15(18)19)7-11(13)12(17)14(5-6-16)9-3-4-9/h7-9,16H,2-6H2,1H3. The average Bonchev–Trinajstić information content (AvgIpc) is 3.12. The van der Waals surface area contributed by atoms with Gasteiger partial charge in [0.2, 0.25) is 0 Å². The average molecular weight is 267 g/mol. The molecule has 2 rings (SSSR count). The molecule has 0 atom stereocenters. The van der Waals surface area contributed by atoms with E-state index in [1.54, 1.807) is 9.47 Å². The van der Waals surface area contributed by atoms with E-state index in [9.17, 15) is 14.9 Å². The molecule has 0 unspecified atom stereocenters. The highest BCUT2D eigenvalue weighted by atomic mass is 16.6. The third-order valence-electron chi connectivity index (χ3n) is 3.24. The number of hydrogen-bond donors (Lipinski definition) is 1. The minimum Gasteiger partial charge on any atom is -0.395 e. The zero-order chi connectivity index (χ0) is 14.0. The fourth-order valence-electron chi connectivity index (χ4n) is 2.13. The Morgan fingerprint density at radius 3 is 2.79 bits per heavy atom. The van der Waals surface area contributed by atoms with Gasteiger partial charge in [0, 0.05) is 25.2 Å². The van der Waals surface area contributed by atoms with Gasteiger partial charge in [-0.2, -0.15) is 0 Å². The lowest BCUT2D eigenvalue weighted by Crippen LogP contribution is -2.36. The summed E-state index contributed by atoms with van der Waals surface area (Å²) in [5, 5.41) is 19.8. The van der Waals surface area contributed by atoms with E-state index < -0.39 is 4.92 Å². The number of carbonyl (C=O) groups is 1. The first-order valence-electron chi connectivity index (χ1n) is 6.34. The van der Waals surface area contributed by atoms with Gasteiger partial charge in [0.1, 0.15) is 5.69 Å². The molecule has 1 heterocycles. The van der Waals surface area contributed by atoms with Crippen LogP contribution >= 0.6 is 0 Å². The van der Waals surface area contributed by atoms with Crippen molar-refractivity contribution in [2.75, 3.05) is 13.2 Å². The largest absolute Gasteiger partial charge is 0.395 e. The van der Waals surface area contributed by atoms with Crippen LogP contribution in [0.2, 0.25) is 0 Å². The molecule has 7 heteroatoms. The normalized spacial score (nSPS) is 14.4. The predicted molar refractivity (Wildman–Crippen MR) is 67.9 cm³/mol. The second-order valence-electron chi connectivity index (χ2n) is 4.58. The van der Waals surface area contributed by atoms with E-state index in [4.69, 9.17) is 5.11 Å². The fourth-order valence-corrected chi connectivity index (χ4v) is 2.13. The zero-order valence-corrected chi connectivity index (χ0v) is 10.8. The van der Waals surface area contributed by atoms with Crippen molar-refractivity contribution >= 4 is 11.6 Å². The monoisotopic (exact) mass is 267 g/mol. The SMILES string of the molecule is CCn1cc([N+](=O)[O-])cc1C(=O)N(CCO)C1CC1. The van der Waals surface area contributed by atoms with Crippen molar-refractivity contribution in [1.29, 1.82) is 0 Å². The van der Waals surface area contributed by atoms with Gasteiger partial charge in [-0.15, -0.1) is 0 Å². The summed E-state index contributed by atoms with van der Waals surface area (Å²) in [6.45, 7) is 2.49. The molecule has 0 aliphatic heterocycles. The second-order valence-corrected chi connectivity index (χ2v) is 4.58. The van der Waals surface area contributed by atoms with Crippen molar-refractivity contribution in [3.63, 3.8) is 0 Å².